The van der Waals surface area contributed by atoms with Gasteiger partial charge in [-0.3, -0.25) is 0 Å². The van der Waals surface area contributed by atoms with Gasteiger partial charge in [-0.15, -0.1) is 0 Å². The fourth-order valence-corrected chi connectivity index (χ4v) is 4.58. The van der Waals surface area contributed by atoms with Crippen LogP contribution in [-0.2, 0) is 11.8 Å². The predicted octanol–water partition coefficient (Wildman–Crippen LogP) is 5.92. The number of rotatable bonds is 5. The van der Waals surface area contributed by atoms with Crippen molar-refractivity contribution in [1.82, 2.24) is 0 Å². The van der Waals surface area contributed by atoms with Crippen molar-refractivity contribution in [1.29, 1.82) is 0 Å². The number of alkyl halides is 2. The zero-order valence-electron chi connectivity index (χ0n) is 11.4. The molecule has 0 heterocycles. The first-order chi connectivity index (χ1) is 9.59. The van der Waals surface area contributed by atoms with Crippen LogP contribution in [0.5, 0.6) is 0 Å². The minimum atomic E-state index is 0.0384. The van der Waals surface area contributed by atoms with Gasteiger partial charge in [-0.2, -0.15) is 0 Å². The molecule has 0 fully saturated rings. The Morgan fingerprint density at radius 3 is 2.30 bits per heavy atom. The molecule has 0 aromatic heterocycles. The fourth-order valence-electron chi connectivity index (χ4n) is 2.40. The molecule has 0 nitrogen and oxygen atoms in total. The first-order valence-electron chi connectivity index (χ1n) is 6.53. The van der Waals surface area contributed by atoms with Crippen LogP contribution < -0.4 is 0 Å². The molecule has 0 spiro atoms. The Hall–Kier alpha value is -0.310. The lowest BCUT2D eigenvalue weighted by atomic mass is 9.78. The van der Waals surface area contributed by atoms with Gasteiger partial charge in [0, 0.05) is 21.1 Å². The van der Waals surface area contributed by atoms with E-state index < -0.39 is 0 Å². The largest absolute Gasteiger partial charge is 0.0918 e. The van der Waals surface area contributed by atoms with E-state index in [2.05, 4.69) is 75.2 Å². The summed E-state index contributed by atoms with van der Waals surface area (Å²) in [6.45, 7) is 2.14. The highest BCUT2D eigenvalue weighted by molar-refractivity contribution is 9.09. The molecule has 0 aliphatic heterocycles. The highest BCUT2D eigenvalue weighted by Crippen LogP contribution is 2.33. The molecule has 2 rings (SSSR count). The van der Waals surface area contributed by atoms with Crippen LogP contribution >= 0.6 is 43.5 Å². The minimum absolute atomic E-state index is 0.0384. The number of benzene rings is 2. The van der Waals surface area contributed by atoms with Gasteiger partial charge in [-0.05, 0) is 36.6 Å². The molecule has 2 aromatic carbocycles. The van der Waals surface area contributed by atoms with E-state index in [4.69, 9.17) is 11.6 Å². The SMILES string of the molecule is Cc1cccc(C(CBr)(CBr)Cc2cccc(Cl)c2)c1. The maximum Gasteiger partial charge on any atom is 0.0408 e. The van der Waals surface area contributed by atoms with Crippen LogP contribution in [0.15, 0.2) is 48.5 Å². The van der Waals surface area contributed by atoms with Gasteiger partial charge in [0.05, 0.1) is 0 Å². The standard InChI is InChI=1S/C17H17Br2Cl/c1-13-4-2-6-15(8-13)17(11-18,12-19)10-14-5-3-7-16(20)9-14/h2-9H,10-12H2,1H3. The topological polar surface area (TPSA) is 0 Å². The monoisotopic (exact) mass is 414 g/mol. The quantitative estimate of drug-likeness (QED) is 0.531. The molecule has 0 unspecified atom stereocenters. The number of halogens is 3. The highest BCUT2D eigenvalue weighted by Gasteiger charge is 2.30. The lowest BCUT2D eigenvalue weighted by Gasteiger charge is -2.31. The summed E-state index contributed by atoms with van der Waals surface area (Å²) in [6.07, 6.45) is 0.952. The number of hydrogen-bond acceptors (Lipinski definition) is 0. The summed E-state index contributed by atoms with van der Waals surface area (Å²) in [4.78, 5) is 0. The van der Waals surface area contributed by atoms with Crippen molar-refractivity contribution in [2.45, 2.75) is 18.8 Å². The molecule has 20 heavy (non-hydrogen) atoms. The van der Waals surface area contributed by atoms with E-state index in [9.17, 15) is 0 Å². The van der Waals surface area contributed by atoms with Crippen molar-refractivity contribution < 1.29 is 0 Å². The van der Waals surface area contributed by atoms with Crippen LogP contribution in [0.3, 0.4) is 0 Å². The molecular weight excluding hydrogens is 399 g/mol. The summed E-state index contributed by atoms with van der Waals surface area (Å²) in [5, 5.41) is 2.60. The maximum absolute atomic E-state index is 6.11. The average molecular weight is 417 g/mol. The summed E-state index contributed by atoms with van der Waals surface area (Å²) < 4.78 is 0. The summed E-state index contributed by atoms with van der Waals surface area (Å²) in [5.74, 6) is 0. The summed E-state index contributed by atoms with van der Waals surface area (Å²) in [5.41, 5.74) is 3.94. The molecule has 2 aromatic rings. The van der Waals surface area contributed by atoms with Crippen molar-refractivity contribution in [3.05, 3.63) is 70.2 Å². The van der Waals surface area contributed by atoms with Gasteiger partial charge in [0.2, 0.25) is 0 Å². The van der Waals surface area contributed by atoms with E-state index in [-0.39, 0.29) is 5.41 Å². The average Bonchev–Trinajstić information content (AvgIpc) is 2.45. The summed E-state index contributed by atoms with van der Waals surface area (Å²) in [7, 11) is 0. The van der Waals surface area contributed by atoms with Gasteiger partial charge in [0.1, 0.15) is 0 Å². The first-order valence-corrected chi connectivity index (χ1v) is 9.15. The van der Waals surface area contributed by atoms with E-state index in [1.807, 2.05) is 12.1 Å². The Labute approximate surface area is 142 Å². The van der Waals surface area contributed by atoms with E-state index in [0.717, 1.165) is 22.1 Å². The molecule has 0 saturated heterocycles. The van der Waals surface area contributed by atoms with Crippen molar-refractivity contribution in [3.8, 4) is 0 Å². The van der Waals surface area contributed by atoms with Crippen LogP contribution in [0.4, 0.5) is 0 Å². The third kappa shape index (κ3) is 3.66. The molecule has 0 aliphatic carbocycles. The van der Waals surface area contributed by atoms with E-state index in [0.29, 0.717) is 0 Å². The highest BCUT2D eigenvalue weighted by atomic mass is 79.9. The zero-order valence-corrected chi connectivity index (χ0v) is 15.3. The molecule has 0 saturated carbocycles. The third-order valence-corrected chi connectivity index (χ3v) is 5.96. The number of aryl methyl sites for hydroxylation is 1. The van der Waals surface area contributed by atoms with Gasteiger partial charge in [0.15, 0.2) is 0 Å². The Kier molecular flexibility index (Phi) is 5.71. The fraction of sp³-hybridized carbons (Fsp3) is 0.294. The van der Waals surface area contributed by atoms with Crippen LogP contribution in [0.1, 0.15) is 16.7 Å². The Morgan fingerprint density at radius 2 is 1.70 bits per heavy atom. The van der Waals surface area contributed by atoms with E-state index in [1.165, 1.54) is 16.7 Å². The van der Waals surface area contributed by atoms with Crippen LogP contribution in [-0.4, -0.2) is 10.7 Å². The van der Waals surface area contributed by atoms with Gasteiger partial charge < -0.3 is 0 Å². The second kappa shape index (κ2) is 7.11. The minimum Gasteiger partial charge on any atom is -0.0918 e. The summed E-state index contributed by atoms with van der Waals surface area (Å²) in [6, 6.07) is 16.9. The molecule has 0 aliphatic rings. The Balaban J connectivity index is 2.39. The molecule has 106 valence electrons. The van der Waals surface area contributed by atoms with Crippen molar-refractivity contribution >= 4 is 43.5 Å². The van der Waals surface area contributed by atoms with Crippen LogP contribution in [0.2, 0.25) is 5.02 Å². The van der Waals surface area contributed by atoms with Gasteiger partial charge in [-0.1, -0.05) is 85.4 Å². The van der Waals surface area contributed by atoms with Crippen molar-refractivity contribution in [3.63, 3.8) is 0 Å². The first kappa shape index (κ1) is 16.1. The van der Waals surface area contributed by atoms with Crippen molar-refractivity contribution in [2.75, 3.05) is 10.7 Å². The van der Waals surface area contributed by atoms with Gasteiger partial charge >= 0.3 is 0 Å². The van der Waals surface area contributed by atoms with E-state index in [1.54, 1.807) is 0 Å². The van der Waals surface area contributed by atoms with Gasteiger partial charge in [-0.25, -0.2) is 0 Å². The number of hydrogen-bond donors (Lipinski definition) is 0. The van der Waals surface area contributed by atoms with Crippen LogP contribution in [0.25, 0.3) is 0 Å². The molecule has 0 bridgehead atoms. The van der Waals surface area contributed by atoms with Gasteiger partial charge in [0.25, 0.3) is 0 Å². The molecule has 0 radical (unpaired) electrons. The van der Waals surface area contributed by atoms with E-state index >= 15 is 0 Å². The second-order valence-corrected chi connectivity index (χ2v) is 6.78. The zero-order chi connectivity index (χ0) is 14.6. The molecule has 0 amide bonds. The second-order valence-electron chi connectivity index (χ2n) is 5.22. The lowest BCUT2D eigenvalue weighted by Crippen LogP contribution is -2.33. The predicted molar refractivity (Wildman–Crippen MR) is 95.6 cm³/mol. The molecule has 0 N–H and O–H groups in total. The Bertz CT molecular complexity index is 577. The normalized spacial score (nSPS) is 11.6. The smallest absolute Gasteiger partial charge is 0.0408 e. The third-order valence-electron chi connectivity index (χ3n) is 3.57. The van der Waals surface area contributed by atoms with Crippen LogP contribution in [0, 0.1) is 6.92 Å². The van der Waals surface area contributed by atoms with Crippen molar-refractivity contribution in [2.24, 2.45) is 0 Å². The molecule has 3 heteroatoms. The maximum atomic E-state index is 6.11. The lowest BCUT2D eigenvalue weighted by molar-refractivity contribution is 0.551. The molecule has 0 atom stereocenters. The summed E-state index contributed by atoms with van der Waals surface area (Å²) >= 11 is 13.5. The molecular formula is C17H17Br2Cl. The Morgan fingerprint density at radius 1 is 1.00 bits per heavy atom.